The molecule has 0 aliphatic rings. The number of carbonyl (C=O) groups excluding carboxylic acids is 2. The van der Waals surface area contributed by atoms with Gasteiger partial charge in [0.25, 0.3) is 0 Å². The van der Waals surface area contributed by atoms with Gasteiger partial charge < -0.3 is 24.5 Å². The van der Waals surface area contributed by atoms with Crippen LogP contribution in [0, 0.1) is 0 Å². The van der Waals surface area contributed by atoms with Crippen molar-refractivity contribution in [3.63, 3.8) is 0 Å². The van der Waals surface area contributed by atoms with Crippen LogP contribution >= 0.6 is 0 Å². The summed E-state index contributed by atoms with van der Waals surface area (Å²) in [4.78, 5) is 23.9. The highest BCUT2D eigenvalue weighted by Crippen LogP contribution is 2.22. The molecule has 0 fully saturated rings. The number of benzene rings is 1. The first-order valence-electron chi connectivity index (χ1n) is 8.74. The van der Waals surface area contributed by atoms with Crippen LogP contribution < -0.4 is 10.6 Å². The summed E-state index contributed by atoms with van der Waals surface area (Å²) >= 11 is 0. The number of ether oxygens (including phenoxy) is 2. The highest BCUT2D eigenvalue weighted by Gasteiger charge is 2.21. The van der Waals surface area contributed by atoms with E-state index in [4.69, 9.17) is 13.9 Å². The normalized spacial score (nSPS) is 12.3. The molecule has 0 aliphatic carbocycles. The molecule has 1 aromatic heterocycles. The van der Waals surface area contributed by atoms with Crippen molar-refractivity contribution in [2.45, 2.75) is 38.8 Å². The lowest BCUT2D eigenvalue weighted by Gasteiger charge is -2.23. The molecule has 1 heterocycles. The first kappa shape index (κ1) is 20.4. The minimum Gasteiger partial charge on any atom is -0.464 e. The number of rotatable bonds is 7. The average molecular weight is 374 g/mol. The highest BCUT2D eigenvalue weighted by atomic mass is 16.6. The van der Waals surface area contributed by atoms with E-state index in [-0.39, 0.29) is 13.2 Å². The number of para-hydroxylation sites is 1. The fourth-order valence-electron chi connectivity index (χ4n) is 2.50. The topological polar surface area (TPSA) is 89.8 Å². The molecule has 7 nitrogen and oxygen atoms in total. The molecule has 0 unspecified atom stereocenters. The van der Waals surface area contributed by atoms with Gasteiger partial charge in [-0.2, -0.15) is 0 Å². The molecule has 2 amide bonds. The van der Waals surface area contributed by atoms with E-state index in [1.54, 1.807) is 27.0 Å². The molecule has 7 heteroatoms. The van der Waals surface area contributed by atoms with Crippen LogP contribution in [-0.2, 0) is 15.9 Å². The molecule has 2 aromatic rings. The van der Waals surface area contributed by atoms with Gasteiger partial charge >= 0.3 is 12.2 Å². The summed E-state index contributed by atoms with van der Waals surface area (Å²) in [6, 6.07) is 7.23. The molecule has 0 spiro atoms. The average Bonchev–Trinajstić information content (AvgIpc) is 2.99. The van der Waals surface area contributed by atoms with Gasteiger partial charge in [0.15, 0.2) is 0 Å². The third kappa shape index (κ3) is 6.69. The largest absolute Gasteiger partial charge is 0.464 e. The number of nitrogens with one attached hydrogen (secondary N) is 2. The van der Waals surface area contributed by atoms with Crippen LogP contribution in [0.2, 0.25) is 0 Å². The molecule has 2 N–H and O–H groups in total. The first-order chi connectivity index (χ1) is 12.8. The van der Waals surface area contributed by atoms with Gasteiger partial charge in [0.05, 0.1) is 12.3 Å². The standard InChI is InChI=1S/C20H26N2O5/c1-5-10-25-18(23)21-12-15(22-19(24)27-20(2,3)4)11-14-13-26-17-9-7-6-8-16(14)17/h5-9,13,15H,1,10-12H2,2-4H3,(H,21,23)(H,22,24)/t15-/m1/s1. The molecule has 0 saturated carbocycles. The maximum Gasteiger partial charge on any atom is 0.407 e. The predicted octanol–water partition coefficient (Wildman–Crippen LogP) is 3.78. The first-order valence-corrected chi connectivity index (χ1v) is 8.74. The van der Waals surface area contributed by atoms with Gasteiger partial charge in [-0.15, -0.1) is 0 Å². The van der Waals surface area contributed by atoms with E-state index in [2.05, 4.69) is 17.2 Å². The highest BCUT2D eigenvalue weighted by molar-refractivity contribution is 5.81. The van der Waals surface area contributed by atoms with Crippen LogP contribution in [0.25, 0.3) is 11.0 Å². The van der Waals surface area contributed by atoms with Gasteiger partial charge in [-0.1, -0.05) is 30.9 Å². The number of alkyl carbamates (subject to hydrolysis) is 2. The second-order valence-corrected chi connectivity index (χ2v) is 7.07. The molecular formula is C20H26N2O5. The van der Waals surface area contributed by atoms with Crippen LogP contribution in [-0.4, -0.2) is 37.0 Å². The van der Waals surface area contributed by atoms with Crippen molar-refractivity contribution in [3.8, 4) is 0 Å². The molecule has 146 valence electrons. The fourth-order valence-corrected chi connectivity index (χ4v) is 2.50. The molecule has 0 saturated heterocycles. The summed E-state index contributed by atoms with van der Waals surface area (Å²) < 4.78 is 15.8. The summed E-state index contributed by atoms with van der Waals surface area (Å²) in [7, 11) is 0. The smallest absolute Gasteiger partial charge is 0.407 e. The molecular weight excluding hydrogens is 348 g/mol. The Bertz CT molecular complexity index is 791. The van der Waals surface area contributed by atoms with Crippen LogP contribution in [0.15, 0.2) is 47.6 Å². The van der Waals surface area contributed by atoms with Crippen molar-refractivity contribution in [1.82, 2.24) is 10.6 Å². The number of furan rings is 1. The van der Waals surface area contributed by atoms with Gasteiger partial charge in [0.1, 0.15) is 17.8 Å². The van der Waals surface area contributed by atoms with E-state index >= 15 is 0 Å². The van der Waals surface area contributed by atoms with Crippen LogP contribution in [0.5, 0.6) is 0 Å². The number of fused-ring (bicyclic) bond motifs is 1. The monoisotopic (exact) mass is 374 g/mol. The van der Waals surface area contributed by atoms with E-state index in [1.807, 2.05) is 24.3 Å². The summed E-state index contributed by atoms with van der Waals surface area (Å²) in [5, 5.41) is 6.39. The van der Waals surface area contributed by atoms with E-state index < -0.39 is 23.8 Å². The van der Waals surface area contributed by atoms with Crippen LogP contribution in [0.4, 0.5) is 9.59 Å². The van der Waals surface area contributed by atoms with Gasteiger partial charge in [-0.3, -0.25) is 0 Å². The maximum atomic E-state index is 12.2. The maximum absolute atomic E-state index is 12.2. The lowest BCUT2D eigenvalue weighted by molar-refractivity contribution is 0.0502. The lowest BCUT2D eigenvalue weighted by Crippen LogP contribution is -2.46. The van der Waals surface area contributed by atoms with Crippen LogP contribution in [0.1, 0.15) is 26.3 Å². The Hall–Kier alpha value is -2.96. The summed E-state index contributed by atoms with van der Waals surface area (Å²) in [6.45, 7) is 9.14. The molecule has 1 atom stereocenters. The van der Waals surface area contributed by atoms with Gasteiger partial charge in [-0.05, 0) is 33.3 Å². The van der Waals surface area contributed by atoms with Crippen molar-refractivity contribution in [1.29, 1.82) is 0 Å². The Morgan fingerprint density at radius 2 is 2.00 bits per heavy atom. The number of hydrogen-bond acceptors (Lipinski definition) is 5. The van der Waals surface area contributed by atoms with E-state index in [1.165, 1.54) is 6.08 Å². The summed E-state index contributed by atoms with van der Waals surface area (Å²) in [6.07, 6.45) is 2.46. The van der Waals surface area contributed by atoms with Gasteiger partial charge in [0.2, 0.25) is 0 Å². The SMILES string of the molecule is C=CCOC(=O)NC[C@@H](Cc1coc2ccccc12)NC(=O)OC(C)(C)C. The second kappa shape index (κ2) is 9.12. The summed E-state index contributed by atoms with van der Waals surface area (Å²) in [5.41, 5.74) is 1.07. The Morgan fingerprint density at radius 3 is 2.70 bits per heavy atom. The molecule has 27 heavy (non-hydrogen) atoms. The zero-order chi connectivity index (χ0) is 19.9. The zero-order valence-electron chi connectivity index (χ0n) is 15.9. The minimum atomic E-state index is -0.618. The molecule has 1 aromatic carbocycles. The number of carbonyl (C=O) groups is 2. The number of hydrogen-bond donors (Lipinski definition) is 2. The van der Waals surface area contributed by atoms with Crippen molar-refractivity contribution in [3.05, 3.63) is 48.7 Å². The number of amides is 2. The van der Waals surface area contributed by atoms with Gasteiger partial charge in [-0.25, -0.2) is 9.59 Å². The van der Waals surface area contributed by atoms with Crippen molar-refractivity contribution >= 4 is 23.2 Å². The molecule has 0 aliphatic heterocycles. The third-order valence-corrected chi connectivity index (χ3v) is 3.57. The van der Waals surface area contributed by atoms with E-state index in [0.717, 1.165) is 16.5 Å². The third-order valence-electron chi connectivity index (χ3n) is 3.57. The fraction of sp³-hybridized carbons (Fsp3) is 0.400. The molecule has 2 rings (SSSR count). The Balaban J connectivity index is 2.07. The predicted molar refractivity (Wildman–Crippen MR) is 103 cm³/mol. The lowest BCUT2D eigenvalue weighted by atomic mass is 10.1. The van der Waals surface area contributed by atoms with Crippen molar-refractivity contribution in [2.75, 3.05) is 13.2 Å². The van der Waals surface area contributed by atoms with Gasteiger partial charge in [0, 0.05) is 17.5 Å². The Kier molecular flexibility index (Phi) is 6.87. The van der Waals surface area contributed by atoms with Crippen molar-refractivity contribution < 1.29 is 23.5 Å². The minimum absolute atomic E-state index is 0.113. The molecule has 0 radical (unpaired) electrons. The van der Waals surface area contributed by atoms with E-state index in [0.29, 0.717) is 6.42 Å². The summed E-state index contributed by atoms with van der Waals surface area (Å²) in [5.74, 6) is 0. The van der Waals surface area contributed by atoms with Crippen LogP contribution in [0.3, 0.4) is 0 Å². The Morgan fingerprint density at radius 1 is 1.26 bits per heavy atom. The zero-order valence-corrected chi connectivity index (χ0v) is 15.9. The Labute approximate surface area is 158 Å². The second-order valence-electron chi connectivity index (χ2n) is 7.07. The van der Waals surface area contributed by atoms with E-state index in [9.17, 15) is 9.59 Å². The van der Waals surface area contributed by atoms with Crippen molar-refractivity contribution in [2.24, 2.45) is 0 Å². The quantitative estimate of drug-likeness (QED) is 0.720. The molecule has 0 bridgehead atoms.